The number of hydrogen-bond donors (Lipinski definition) is 3. The second-order valence-electron chi connectivity index (χ2n) is 5.60. The summed E-state index contributed by atoms with van der Waals surface area (Å²) in [5.74, 6) is -2.99. The summed E-state index contributed by atoms with van der Waals surface area (Å²) in [5, 5.41) is 30.1. The maximum Gasteiger partial charge on any atom is 1.00 e. The molecule has 0 spiro atoms. The molecule has 3 N–H and O–H groups in total. The van der Waals surface area contributed by atoms with Gasteiger partial charge in [0.2, 0.25) is 5.91 Å². The Bertz CT molecular complexity index is 465. The summed E-state index contributed by atoms with van der Waals surface area (Å²) >= 11 is 0. The fourth-order valence-electron chi connectivity index (χ4n) is 2.09. The Balaban J connectivity index is 0. The first kappa shape index (κ1) is 19.7. The van der Waals surface area contributed by atoms with E-state index in [1.165, 1.54) is 0 Å². The predicted molar refractivity (Wildman–Crippen MR) is 86.7 cm³/mol. The SMILES string of the molecule is [2H]C([2H])([2H])N(CC(=O)[O-])C(=N)NC(=O)CCCCCC(O)CCCCC.[Na+]. The van der Waals surface area contributed by atoms with Gasteiger partial charge in [0.25, 0.3) is 0 Å². The zero-order valence-corrected chi connectivity index (χ0v) is 16.8. The molecular formula is C16H30N3NaO4. The second-order valence-corrected chi connectivity index (χ2v) is 5.60. The quantitative estimate of drug-likeness (QED) is 0.157. The normalized spacial score (nSPS) is 13.7. The van der Waals surface area contributed by atoms with Crippen LogP contribution in [0.1, 0.15) is 68.8 Å². The molecule has 1 unspecified atom stereocenters. The second kappa shape index (κ2) is 15.9. The maximum absolute atomic E-state index is 11.8. The Morgan fingerprint density at radius 3 is 2.42 bits per heavy atom. The Morgan fingerprint density at radius 2 is 1.88 bits per heavy atom. The number of aliphatic carboxylic acids is 1. The van der Waals surface area contributed by atoms with Crippen LogP contribution in [0, 0.1) is 5.41 Å². The fourth-order valence-corrected chi connectivity index (χ4v) is 2.09. The first-order valence-electron chi connectivity index (χ1n) is 9.61. The number of nitrogens with zero attached hydrogens (tertiary/aromatic N) is 1. The van der Waals surface area contributed by atoms with Crippen molar-refractivity contribution in [3.05, 3.63) is 0 Å². The van der Waals surface area contributed by atoms with Crippen molar-refractivity contribution in [1.82, 2.24) is 10.2 Å². The number of aliphatic hydroxyl groups excluding tert-OH is 1. The van der Waals surface area contributed by atoms with Gasteiger partial charge in [-0.1, -0.05) is 39.0 Å². The molecule has 0 aliphatic heterocycles. The number of aliphatic hydroxyl groups is 1. The van der Waals surface area contributed by atoms with Gasteiger partial charge in [0.15, 0.2) is 5.96 Å². The number of amides is 1. The van der Waals surface area contributed by atoms with E-state index in [4.69, 9.17) is 9.52 Å². The van der Waals surface area contributed by atoms with Crippen molar-refractivity contribution >= 4 is 17.8 Å². The number of carboxylic acid groups (broad SMARTS) is 1. The largest absolute Gasteiger partial charge is 1.00 e. The van der Waals surface area contributed by atoms with Gasteiger partial charge in [-0.3, -0.25) is 15.5 Å². The van der Waals surface area contributed by atoms with Crippen LogP contribution < -0.4 is 40.0 Å². The van der Waals surface area contributed by atoms with Gasteiger partial charge in [0.05, 0.1) is 18.6 Å². The van der Waals surface area contributed by atoms with E-state index in [0.29, 0.717) is 12.8 Å². The Kier molecular flexibility index (Phi) is 13.0. The molecular weight excluding hydrogens is 321 g/mol. The number of carbonyl (C=O) groups excluding carboxylic acids is 2. The van der Waals surface area contributed by atoms with Crippen molar-refractivity contribution in [1.29, 1.82) is 5.41 Å². The van der Waals surface area contributed by atoms with E-state index >= 15 is 0 Å². The number of likely N-dealkylation sites (N-methyl/N-ethyl adjacent to an activating group) is 1. The molecule has 8 heteroatoms. The fraction of sp³-hybridized carbons (Fsp3) is 0.812. The van der Waals surface area contributed by atoms with Crippen molar-refractivity contribution in [2.24, 2.45) is 0 Å². The van der Waals surface area contributed by atoms with E-state index in [0.717, 1.165) is 38.5 Å². The van der Waals surface area contributed by atoms with Crippen LogP contribution in [0.5, 0.6) is 0 Å². The van der Waals surface area contributed by atoms with Crippen molar-refractivity contribution < 1.29 is 53.5 Å². The molecule has 0 saturated heterocycles. The third kappa shape index (κ3) is 14.9. The molecule has 0 rings (SSSR count). The van der Waals surface area contributed by atoms with Crippen LogP contribution in [0.25, 0.3) is 0 Å². The standard InChI is InChI=1S/C16H31N3O4.Na/c1-3-4-6-9-13(20)10-7-5-8-11-14(21)18-16(17)19(2)12-15(22)23;/h13,20H,3-12H2,1-2H3,(H,22,23)(H2,17,18,21);/q;+1/p-1/i2D3;. The monoisotopic (exact) mass is 354 g/mol. The molecule has 0 heterocycles. The van der Waals surface area contributed by atoms with Crippen LogP contribution in [-0.2, 0) is 9.59 Å². The van der Waals surface area contributed by atoms with Gasteiger partial charge in [-0.25, -0.2) is 0 Å². The van der Waals surface area contributed by atoms with Gasteiger partial charge < -0.3 is 19.9 Å². The average Bonchev–Trinajstić information content (AvgIpc) is 2.51. The molecule has 134 valence electrons. The van der Waals surface area contributed by atoms with E-state index in [1.807, 2.05) is 0 Å². The van der Waals surface area contributed by atoms with Crippen molar-refractivity contribution in [3.8, 4) is 0 Å². The van der Waals surface area contributed by atoms with Crippen LogP contribution in [0.2, 0.25) is 0 Å². The topological polar surface area (TPSA) is 117 Å². The number of rotatable bonds is 12. The molecule has 0 fully saturated rings. The minimum Gasteiger partial charge on any atom is -0.548 e. The number of hydrogen-bond acceptors (Lipinski definition) is 5. The van der Waals surface area contributed by atoms with Gasteiger partial charge in [0.1, 0.15) is 0 Å². The molecule has 0 aliphatic carbocycles. The average molecular weight is 354 g/mol. The van der Waals surface area contributed by atoms with Crippen molar-refractivity contribution in [2.45, 2.75) is 70.8 Å². The zero-order valence-electron chi connectivity index (χ0n) is 17.8. The molecule has 0 aromatic carbocycles. The molecule has 0 aromatic heterocycles. The van der Waals surface area contributed by atoms with Gasteiger partial charge >= 0.3 is 29.6 Å². The van der Waals surface area contributed by atoms with Gasteiger partial charge in [0, 0.05) is 17.5 Å². The number of nitrogens with one attached hydrogen (secondary N) is 2. The van der Waals surface area contributed by atoms with Crippen molar-refractivity contribution in [2.75, 3.05) is 13.5 Å². The third-order valence-corrected chi connectivity index (χ3v) is 3.40. The third-order valence-electron chi connectivity index (χ3n) is 3.40. The van der Waals surface area contributed by atoms with E-state index in [1.54, 1.807) is 0 Å². The number of carbonyl (C=O) groups is 2. The number of unbranched alkanes of at least 4 members (excludes halogenated alkanes) is 4. The summed E-state index contributed by atoms with van der Waals surface area (Å²) in [6.45, 7) is -1.77. The van der Waals surface area contributed by atoms with E-state index in [2.05, 4.69) is 12.2 Å². The van der Waals surface area contributed by atoms with Crippen LogP contribution >= 0.6 is 0 Å². The van der Waals surface area contributed by atoms with Gasteiger partial charge in [-0.05, 0) is 19.3 Å². The molecule has 0 aliphatic rings. The summed E-state index contributed by atoms with van der Waals surface area (Å²) in [5.41, 5.74) is 0. The summed E-state index contributed by atoms with van der Waals surface area (Å²) in [6, 6.07) is 0. The van der Waals surface area contributed by atoms with Crippen LogP contribution in [0.3, 0.4) is 0 Å². The molecule has 0 saturated carbocycles. The van der Waals surface area contributed by atoms with E-state index < -0.39 is 31.4 Å². The molecule has 1 amide bonds. The van der Waals surface area contributed by atoms with Crippen LogP contribution in [0.15, 0.2) is 0 Å². The molecule has 0 bridgehead atoms. The van der Waals surface area contributed by atoms with Gasteiger partial charge in [-0.15, -0.1) is 0 Å². The van der Waals surface area contributed by atoms with E-state index in [-0.39, 0.29) is 47.0 Å². The Hall–Kier alpha value is -0.630. The summed E-state index contributed by atoms with van der Waals surface area (Å²) < 4.78 is 21.6. The molecule has 24 heavy (non-hydrogen) atoms. The number of carboxylic acids is 1. The minimum absolute atomic E-state index is 0. The summed E-state index contributed by atoms with van der Waals surface area (Å²) in [4.78, 5) is 22.6. The van der Waals surface area contributed by atoms with Gasteiger partial charge in [-0.2, -0.15) is 0 Å². The summed E-state index contributed by atoms with van der Waals surface area (Å²) in [7, 11) is 0. The van der Waals surface area contributed by atoms with Crippen LogP contribution in [-0.4, -0.2) is 47.5 Å². The zero-order chi connectivity index (χ0) is 20.2. The first-order chi connectivity index (χ1) is 12.1. The maximum atomic E-state index is 11.8. The molecule has 0 aromatic rings. The Labute approximate surface area is 171 Å². The minimum atomic E-state index is -2.86. The Morgan fingerprint density at radius 1 is 1.25 bits per heavy atom. The first-order valence-corrected chi connectivity index (χ1v) is 8.11. The molecule has 0 radical (unpaired) electrons. The summed E-state index contributed by atoms with van der Waals surface area (Å²) in [6.07, 6.45) is 6.51. The smallest absolute Gasteiger partial charge is 0.548 e. The van der Waals surface area contributed by atoms with E-state index in [9.17, 15) is 19.8 Å². The molecule has 1 atom stereocenters. The molecule has 7 nitrogen and oxygen atoms in total. The van der Waals surface area contributed by atoms with Crippen molar-refractivity contribution in [3.63, 3.8) is 0 Å². The van der Waals surface area contributed by atoms with Crippen LogP contribution in [0.4, 0.5) is 0 Å². The number of guanidine groups is 1. The predicted octanol–water partition coefficient (Wildman–Crippen LogP) is -2.39.